The fourth-order valence-corrected chi connectivity index (χ4v) is 4.86. The summed E-state index contributed by atoms with van der Waals surface area (Å²) in [5, 5.41) is 9.61. The predicted octanol–water partition coefficient (Wildman–Crippen LogP) is 4.18. The van der Waals surface area contributed by atoms with Crippen LogP contribution in [0.1, 0.15) is 24.6 Å². The first-order valence-electron chi connectivity index (χ1n) is 11.4. The molecule has 7 nitrogen and oxygen atoms in total. The number of hydrogen-bond donors (Lipinski definition) is 1. The lowest BCUT2D eigenvalue weighted by atomic mass is 9.97. The highest BCUT2D eigenvalue weighted by Gasteiger charge is 2.36. The van der Waals surface area contributed by atoms with Crippen molar-refractivity contribution in [2.75, 3.05) is 20.6 Å². The van der Waals surface area contributed by atoms with Crippen molar-refractivity contribution in [3.8, 4) is 0 Å². The number of halogens is 1. The van der Waals surface area contributed by atoms with Crippen molar-refractivity contribution in [3.05, 3.63) is 64.9 Å². The molecule has 5 rings (SSSR count). The van der Waals surface area contributed by atoms with E-state index in [2.05, 4.69) is 14.8 Å². The van der Waals surface area contributed by atoms with Gasteiger partial charge in [-0.25, -0.2) is 0 Å². The van der Waals surface area contributed by atoms with Crippen molar-refractivity contribution >= 4 is 56.4 Å². The lowest BCUT2D eigenvalue weighted by molar-refractivity contribution is -0.122. The molecule has 0 bridgehead atoms. The quantitative estimate of drug-likeness (QED) is 0.407. The number of aromatic nitrogens is 3. The van der Waals surface area contributed by atoms with Crippen LogP contribution in [-0.4, -0.2) is 51.7 Å². The molecule has 2 aromatic heterocycles. The largest absolute Gasteiger partial charge is 0.347 e. The maximum absolute atomic E-state index is 13.1. The maximum atomic E-state index is 13.1. The number of amides is 2. The first kappa shape index (κ1) is 22.4. The molecule has 3 heterocycles. The van der Waals surface area contributed by atoms with Gasteiger partial charge in [-0.05, 0) is 58.3 Å². The molecule has 4 aromatic rings. The van der Waals surface area contributed by atoms with Crippen molar-refractivity contribution in [1.29, 1.82) is 0 Å². The zero-order chi connectivity index (χ0) is 24.0. The second-order valence-corrected chi connectivity index (χ2v) is 9.21. The summed E-state index contributed by atoms with van der Waals surface area (Å²) in [5.41, 5.74) is 3.76. The van der Waals surface area contributed by atoms with Crippen LogP contribution >= 0.6 is 11.6 Å². The zero-order valence-corrected chi connectivity index (χ0v) is 20.2. The van der Waals surface area contributed by atoms with E-state index < -0.39 is 11.8 Å². The number of nitrogens with one attached hydrogen (secondary N) is 1. The van der Waals surface area contributed by atoms with E-state index in [1.165, 1.54) is 0 Å². The molecule has 0 aliphatic carbocycles. The van der Waals surface area contributed by atoms with Crippen LogP contribution in [0.25, 0.3) is 33.0 Å². The molecule has 0 radical (unpaired) electrons. The van der Waals surface area contributed by atoms with E-state index in [0.29, 0.717) is 34.0 Å². The molecule has 2 aromatic carbocycles. The van der Waals surface area contributed by atoms with Gasteiger partial charge in [0.05, 0.1) is 16.7 Å². The molecule has 0 saturated heterocycles. The topological polar surface area (TPSA) is 72.2 Å². The third-order valence-corrected chi connectivity index (χ3v) is 6.49. The van der Waals surface area contributed by atoms with E-state index in [1.807, 2.05) is 74.4 Å². The van der Waals surface area contributed by atoms with Crippen LogP contribution in [0.2, 0.25) is 5.02 Å². The number of rotatable bonds is 7. The highest BCUT2D eigenvalue weighted by atomic mass is 35.5. The second kappa shape index (κ2) is 8.74. The van der Waals surface area contributed by atoms with E-state index in [1.54, 1.807) is 0 Å². The number of imide groups is 1. The van der Waals surface area contributed by atoms with Gasteiger partial charge < -0.3 is 9.47 Å². The van der Waals surface area contributed by atoms with Crippen molar-refractivity contribution in [3.63, 3.8) is 0 Å². The molecule has 8 heteroatoms. The first-order valence-corrected chi connectivity index (χ1v) is 11.8. The fraction of sp³-hybridized carbons (Fsp3) is 0.269. The van der Waals surface area contributed by atoms with Gasteiger partial charge in [0, 0.05) is 46.2 Å². The van der Waals surface area contributed by atoms with Crippen LogP contribution in [0.3, 0.4) is 0 Å². The molecule has 2 amide bonds. The van der Waals surface area contributed by atoms with Crippen LogP contribution in [0, 0.1) is 0 Å². The average molecular weight is 476 g/mol. The molecule has 1 aliphatic rings. The minimum atomic E-state index is -0.428. The summed E-state index contributed by atoms with van der Waals surface area (Å²) in [4.78, 5) is 28.4. The molecule has 0 fully saturated rings. The summed E-state index contributed by atoms with van der Waals surface area (Å²) in [7, 11) is 4.08. The van der Waals surface area contributed by atoms with Crippen LogP contribution in [-0.2, 0) is 22.7 Å². The Hall–Kier alpha value is -3.42. The third kappa shape index (κ3) is 3.71. The summed E-state index contributed by atoms with van der Waals surface area (Å²) in [6.45, 7) is 4.39. The van der Waals surface area contributed by atoms with E-state index in [0.717, 1.165) is 41.3 Å². The van der Waals surface area contributed by atoms with Crippen LogP contribution < -0.4 is 5.32 Å². The van der Waals surface area contributed by atoms with Gasteiger partial charge in [0.1, 0.15) is 5.69 Å². The maximum Gasteiger partial charge on any atom is 0.261 e. The van der Waals surface area contributed by atoms with E-state index >= 15 is 0 Å². The van der Waals surface area contributed by atoms with Crippen LogP contribution in [0.4, 0.5) is 0 Å². The van der Waals surface area contributed by atoms with Crippen molar-refractivity contribution in [2.24, 2.45) is 0 Å². The van der Waals surface area contributed by atoms with Gasteiger partial charge in [-0.15, -0.1) is 0 Å². The summed E-state index contributed by atoms with van der Waals surface area (Å²) in [6.07, 6.45) is 2.84. The predicted molar refractivity (Wildman–Crippen MR) is 135 cm³/mol. The summed E-state index contributed by atoms with van der Waals surface area (Å²) < 4.78 is 3.99. The molecule has 0 unspecified atom stereocenters. The molecule has 0 atom stereocenters. The Bertz CT molecular complexity index is 1480. The van der Waals surface area contributed by atoms with Gasteiger partial charge in [0.2, 0.25) is 0 Å². The molecule has 174 valence electrons. The van der Waals surface area contributed by atoms with Crippen molar-refractivity contribution in [1.82, 2.24) is 24.6 Å². The molecular formula is C26H26ClN5O2. The Morgan fingerprint density at radius 2 is 1.76 bits per heavy atom. The number of nitrogens with zero attached hydrogens (tertiary/aromatic N) is 4. The molecule has 0 spiro atoms. The number of hydrogen-bond acceptors (Lipinski definition) is 4. The smallest absolute Gasteiger partial charge is 0.261 e. The minimum Gasteiger partial charge on any atom is -0.347 e. The van der Waals surface area contributed by atoms with Gasteiger partial charge in [-0.3, -0.25) is 19.6 Å². The number of para-hydroxylation sites is 1. The standard InChI is InChI=1S/C26H26ClN5O2/c1-4-31-15-19(18-14-16(27)10-11-20(18)31)22-23(26(34)28-25(22)33)24-17-8-5-6-9-21(17)32(29-24)13-7-12-30(2)3/h5-6,8-11,14-15H,4,7,12-13H2,1-3H3,(H,28,33,34). The van der Waals surface area contributed by atoms with Gasteiger partial charge in [-0.1, -0.05) is 29.8 Å². The third-order valence-electron chi connectivity index (χ3n) is 6.25. The minimum absolute atomic E-state index is 0.308. The number of carbonyl (C=O) groups is 2. The van der Waals surface area contributed by atoms with E-state index in [9.17, 15) is 9.59 Å². The summed E-state index contributed by atoms with van der Waals surface area (Å²) in [6, 6.07) is 13.5. The van der Waals surface area contributed by atoms with Crippen molar-refractivity contribution in [2.45, 2.75) is 26.4 Å². The van der Waals surface area contributed by atoms with Gasteiger partial charge >= 0.3 is 0 Å². The Morgan fingerprint density at radius 3 is 2.53 bits per heavy atom. The SMILES string of the molecule is CCn1cc(C2=C(c3nn(CCCN(C)C)c4ccccc34)C(=O)NC2=O)c2cc(Cl)ccc21. The number of aryl methyl sites for hydroxylation is 2. The monoisotopic (exact) mass is 475 g/mol. The molecule has 0 saturated carbocycles. The van der Waals surface area contributed by atoms with Crippen LogP contribution in [0.5, 0.6) is 0 Å². The second-order valence-electron chi connectivity index (χ2n) is 8.77. The molecule has 1 aliphatic heterocycles. The number of fused-ring (bicyclic) bond motifs is 2. The fourth-order valence-electron chi connectivity index (χ4n) is 4.69. The summed E-state index contributed by atoms with van der Waals surface area (Å²) in [5.74, 6) is -0.843. The zero-order valence-electron chi connectivity index (χ0n) is 19.4. The normalized spacial score (nSPS) is 14.3. The number of benzene rings is 2. The van der Waals surface area contributed by atoms with Crippen molar-refractivity contribution < 1.29 is 9.59 Å². The van der Waals surface area contributed by atoms with Gasteiger partial charge in [-0.2, -0.15) is 5.10 Å². The Balaban J connectivity index is 1.74. The van der Waals surface area contributed by atoms with E-state index in [-0.39, 0.29) is 0 Å². The Morgan fingerprint density at radius 1 is 1.00 bits per heavy atom. The van der Waals surface area contributed by atoms with E-state index in [4.69, 9.17) is 16.7 Å². The number of carbonyl (C=O) groups excluding carboxylic acids is 2. The molecule has 1 N–H and O–H groups in total. The Labute approximate surface area is 202 Å². The lowest BCUT2D eigenvalue weighted by Gasteiger charge is -2.09. The Kier molecular flexibility index (Phi) is 5.75. The molecule has 34 heavy (non-hydrogen) atoms. The van der Waals surface area contributed by atoms with Gasteiger partial charge in [0.15, 0.2) is 0 Å². The first-order chi connectivity index (χ1) is 16.4. The summed E-state index contributed by atoms with van der Waals surface area (Å²) >= 11 is 6.31. The highest BCUT2D eigenvalue weighted by molar-refractivity contribution is 6.50. The molecular weight excluding hydrogens is 450 g/mol. The average Bonchev–Trinajstić information content (AvgIpc) is 3.44. The highest BCUT2D eigenvalue weighted by Crippen LogP contribution is 2.38. The lowest BCUT2D eigenvalue weighted by Crippen LogP contribution is -2.22. The van der Waals surface area contributed by atoms with Gasteiger partial charge in [0.25, 0.3) is 11.8 Å². The van der Waals surface area contributed by atoms with Crippen LogP contribution in [0.15, 0.2) is 48.7 Å².